The molecule has 1 unspecified atom stereocenters. The van der Waals surface area contributed by atoms with E-state index in [2.05, 4.69) is 6.92 Å². The van der Waals surface area contributed by atoms with E-state index in [1.165, 1.54) is 0 Å². The molecule has 0 amide bonds. The Morgan fingerprint density at radius 1 is 0.810 bits per heavy atom. The largest absolute Gasteiger partial charge is 0.394 e. The van der Waals surface area contributed by atoms with Gasteiger partial charge in [-0.1, -0.05) is 6.92 Å². The van der Waals surface area contributed by atoms with Gasteiger partial charge in [-0.05, 0) is 6.42 Å². The lowest BCUT2D eigenvalue weighted by molar-refractivity contribution is 0.00230. The predicted octanol–water partition coefficient (Wildman–Crippen LogP) is -0.167. The lowest BCUT2D eigenvalue weighted by Gasteiger charge is -2.04. The topological polar surface area (TPSA) is 89.9 Å². The van der Waals surface area contributed by atoms with Crippen molar-refractivity contribution in [3.63, 3.8) is 0 Å². The molecular formula is C14H30O7. The van der Waals surface area contributed by atoms with Crippen LogP contribution < -0.4 is 0 Å². The summed E-state index contributed by atoms with van der Waals surface area (Å²) in [7, 11) is 0. The molecule has 1 atom stereocenters. The maximum absolute atomic E-state index is 8.36. The Kier molecular flexibility index (Phi) is 17.5. The summed E-state index contributed by atoms with van der Waals surface area (Å²) in [5.74, 6) is 0. The van der Waals surface area contributed by atoms with Crippen LogP contribution in [0.3, 0.4) is 0 Å². The van der Waals surface area contributed by atoms with Gasteiger partial charge >= 0.3 is 0 Å². The van der Waals surface area contributed by atoms with Crippen LogP contribution in [0, 0.1) is 0 Å². The van der Waals surface area contributed by atoms with Gasteiger partial charge in [0.05, 0.1) is 66.1 Å². The fourth-order valence-electron chi connectivity index (χ4n) is 1.19. The highest BCUT2D eigenvalue weighted by Crippen LogP contribution is 2.08. The molecule has 1 rings (SSSR count). The van der Waals surface area contributed by atoms with Crippen LogP contribution in [0.2, 0.25) is 0 Å². The third-order valence-corrected chi connectivity index (χ3v) is 2.27. The zero-order valence-electron chi connectivity index (χ0n) is 13.0. The summed E-state index contributed by atoms with van der Waals surface area (Å²) in [6, 6.07) is 0. The van der Waals surface area contributed by atoms with E-state index in [1.807, 2.05) is 0 Å². The number of hydrogen-bond acceptors (Lipinski definition) is 7. The van der Waals surface area contributed by atoms with Crippen LogP contribution in [0.5, 0.6) is 0 Å². The number of aliphatic hydroxyl groups is 2. The first kappa shape index (κ1) is 20.7. The molecule has 2 N–H and O–H groups in total. The highest BCUT2D eigenvalue weighted by Gasteiger charge is 2.21. The number of epoxide rings is 1. The second-order valence-electron chi connectivity index (χ2n) is 4.31. The van der Waals surface area contributed by atoms with Crippen LogP contribution in [-0.4, -0.2) is 89.0 Å². The van der Waals surface area contributed by atoms with E-state index in [1.54, 1.807) is 0 Å². The van der Waals surface area contributed by atoms with Crippen molar-refractivity contribution in [2.45, 2.75) is 19.4 Å². The molecule has 0 saturated carbocycles. The summed E-state index contributed by atoms with van der Waals surface area (Å²) in [5.41, 5.74) is 0. The Bertz CT molecular complexity index is 178. The zero-order valence-corrected chi connectivity index (χ0v) is 13.0. The number of aliphatic hydroxyl groups excluding tert-OH is 2. The summed E-state index contributed by atoms with van der Waals surface area (Å²) in [6.45, 7) is 7.45. The highest BCUT2D eigenvalue weighted by molar-refractivity contribution is 4.66. The maximum atomic E-state index is 8.36. The first-order valence-electron chi connectivity index (χ1n) is 7.49. The van der Waals surface area contributed by atoms with Crippen molar-refractivity contribution in [3.05, 3.63) is 0 Å². The van der Waals surface area contributed by atoms with Crippen molar-refractivity contribution in [1.82, 2.24) is 0 Å². The van der Waals surface area contributed by atoms with Crippen molar-refractivity contribution < 1.29 is 33.9 Å². The van der Waals surface area contributed by atoms with Crippen LogP contribution >= 0.6 is 0 Å². The van der Waals surface area contributed by atoms with Crippen molar-refractivity contribution in [3.8, 4) is 0 Å². The Morgan fingerprint density at radius 2 is 1.29 bits per heavy atom. The SMILES string of the molecule is CCCOCC1CO1.OCCOCCOCCOCCO. The van der Waals surface area contributed by atoms with Crippen LogP contribution in [0.4, 0.5) is 0 Å². The van der Waals surface area contributed by atoms with Gasteiger partial charge in [-0.3, -0.25) is 0 Å². The van der Waals surface area contributed by atoms with Crippen LogP contribution in [0.25, 0.3) is 0 Å². The quantitative estimate of drug-likeness (QED) is 0.340. The molecule has 0 aromatic carbocycles. The average Bonchev–Trinajstić information content (AvgIpc) is 3.31. The molecule has 1 aliphatic rings. The molecule has 0 aromatic heterocycles. The van der Waals surface area contributed by atoms with E-state index in [9.17, 15) is 0 Å². The second-order valence-corrected chi connectivity index (χ2v) is 4.31. The fraction of sp³-hybridized carbons (Fsp3) is 1.00. The molecule has 0 bridgehead atoms. The van der Waals surface area contributed by atoms with E-state index in [0.29, 0.717) is 45.7 Å². The predicted molar refractivity (Wildman–Crippen MR) is 77.5 cm³/mol. The molecule has 1 fully saturated rings. The molecular weight excluding hydrogens is 280 g/mol. The van der Waals surface area contributed by atoms with Gasteiger partial charge in [0.1, 0.15) is 6.10 Å². The molecule has 0 spiro atoms. The fourth-order valence-corrected chi connectivity index (χ4v) is 1.19. The van der Waals surface area contributed by atoms with Crippen molar-refractivity contribution in [1.29, 1.82) is 0 Å². The van der Waals surface area contributed by atoms with Gasteiger partial charge in [-0.25, -0.2) is 0 Å². The van der Waals surface area contributed by atoms with E-state index in [4.69, 9.17) is 33.9 Å². The Morgan fingerprint density at radius 3 is 1.67 bits per heavy atom. The second kappa shape index (κ2) is 17.8. The van der Waals surface area contributed by atoms with Gasteiger partial charge < -0.3 is 33.9 Å². The molecule has 1 aliphatic heterocycles. The Hall–Kier alpha value is -0.280. The minimum atomic E-state index is 0.0413. The minimum Gasteiger partial charge on any atom is -0.394 e. The van der Waals surface area contributed by atoms with Crippen LogP contribution in [0.1, 0.15) is 13.3 Å². The summed E-state index contributed by atoms with van der Waals surface area (Å²) < 4.78 is 25.1. The summed E-state index contributed by atoms with van der Waals surface area (Å²) >= 11 is 0. The standard InChI is InChI=1S/C8H18O5.C6H12O2/c9-1-3-11-5-7-13-8-6-12-4-2-10;1-2-3-7-4-6-5-8-6/h9-10H,1-8H2;6H,2-5H2,1H3. The highest BCUT2D eigenvalue weighted by atomic mass is 16.6. The molecule has 0 aliphatic carbocycles. The first-order valence-corrected chi connectivity index (χ1v) is 7.49. The maximum Gasteiger partial charge on any atom is 0.104 e. The smallest absolute Gasteiger partial charge is 0.104 e. The average molecular weight is 310 g/mol. The van der Waals surface area contributed by atoms with Gasteiger partial charge in [-0.2, -0.15) is 0 Å². The lowest BCUT2D eigenvalue weighted by Crippen LogP contribution is -2.11. The normalized spacial score (nSPS) is 16.4. The molecule has 7 nitrogen and oxygen atoms in total. The third kappa shape index (κ3) is 19.7. The molecule has 7 heteroatoms. The van der Waals surface area contributed by atoms with Crippen molar-refractivity contribution in [2.24, 2.45) is 0 Å². The number of hydrogen-bond donors (Lipinski definition) is 2. The van der Waals surface area contributed by atoms with Gasteiger partial charge in [0, 0.05) is 6.61 Å². The van der Waals surface area contributed by atoms with Gasteiger partial charge in [0.2, 0.25) is 0 Å². The first-order chi connectivity index (χ1) is 10.3. The van der Waals surface area contributed by atoms with Crippen LogP contribution in [0.15, 0.2) is 0 Å². The van der Waals surface area contributed by atoms with Gasteiger partial charge in [0.15, 0.2) is 0 Å². The summed E-state index contributed by atoms with van der Waals surface area (Å²) in [6.07, 6.45) is 1.54. The van der Waals surface area contributed by atoms with E-state index in [-0.39, 0.29) is 13.2 Å². The number of rotatable bonds is 14. The lowest BCUT2D eigenvalue weighted by atomic mass is 10.5. The molecule has 1 saturated heterocycles. The van der Waals surface area contributed by atoms with E-state index < -0.39 is 0 Å². The molecule has 128 valence electrons. The number of ether oxygens (including phenoxy) is 5. The van der Waals surface area contributed by atoms with Gasteiger partial charge in [0.25, 0.3) is 0 Å². The van der Waals surface area contributed by atoms with Crippen molar-refractivity contribution >= 4 is 0 Å². The Balaban J connectivity index is 0.000000423. The molecule has 0 aromatic rings. The van der Waals surface area contributed by atoms with Crippen LogP contribution in [-0.2, 0) is 23.7 Å². The monoisotopic (exact) mass is 310 g/mol. The third-order valence-electron chi connectivity index (χ3n) is 2.27. The van der Waals surface area contributed by atoms with E-state index in [0.717, 1.165) is 26.2 Å². The molecule has 1 heterocycles. The van der Waals surface area contributed by atoms with E-state index >= 15 is 0 Å². The summed E-state index contributed by atoms with van der Waals surface area (Å²) in [5, 5.41) is 16.7. The zero-order chi connectivity index (χ0) is 15.6. The molecule has 21 heavy (non-hydrogen) atoms. The van der Waals surface area contributed by atoms with Crippen molar-refractivity contribution in [2.75, 3.05) is 72.7 Å². The van der Waals surface area contributed by atoms with Gasteiger partial charge in [-0.15, -0.1) is 0 Å². The minimum absolute atomic E-state index is 0.0413. The Labute approximate surface area is 127 Å². The summed E-state index contributed by atoms with van der Waals surface area (Å²) in [4.78, 5) is 0. The molecule has 0 radical (unpaired) electrons.